The van der Waals surface area contributed by atoms with Crippen LogP contribution in [-0.4, -0.2) is 31.3 Å². The second kappa shape index (κ2) is 6.12. The molecule has 1 aromatic rings. The predicted molar refractivity (Wildman–Crippen MR) is 80.9 cm³/mol. The third kappa shape index (κ3) is 3.62. The molecular weight excluding hydrogens is 260 g/mol. The highest BCUT2D eigenvalue weighted by Crippen LogP contribution is 2.32. The third-order valence-electron chi connectivity index (χ3n) is 3.89. The second-order valence-corrected chi connectivity index (χ2v) is 6.03. The summed E-state index contributed by atoms with van der Waals surface area (Å²) in [6, 6.07) is 5.94. The summed E-state index contributed by atoms with van der Waals surface area (Å²) in [7, 11) is 3.96. The van der Waals surface area contributed by atoms with Gasteiger partial charge in [-0.2, -0.15) is 0 Å². The van der Waals surface area contributed by atoms with Crippen molar-refractivity contribution in [2.45, 2.75) is 37.8 Å². The maximum Gasteiger partial charge on any atom is 0.0821 e. The van der Waals surface area contributed by atoms with Crippen LogP contribution in [-0.2, 0) is 6.54 Å². The molecule has 1 aliphatic carbocycles. The largest absolute Gasteiger partial charge is 0.388 e. The Kier molecular flexibility index (Phi) is 4.71. The van der Waals surface area contributed by atoms with Crippen molar-refractivity contribution in [3.05, 3.63) is 28.8 Å². The molecule has 1 fully saturated rings. The number of likely N-dealkylation sites (N-methyl/N-ethyl adjacent to an activating group) is 1. The summed E-state index contributed by atoms with van der Waals surface area (Å²) in [6.07, 6.45) is 4.06. The normalized spacial score (nSPS) is 17.7. The van der Waals surface area contributed by atoms with Gasteiger partial charge in [0.2, 0.25) is 0 Å². The lowest BCUT2D eigenvalue weighted by atomic mass is 10.0. The maximum atomic E-state index is 10.5. The molecule has 2 N–H and O–H groups in total. The van der Waals surface area contributed by atoms with E-state index in [1.165, 1.54) is 5.56 Å². The van der Waals surface area contributed by atoms with Gasteiger partial charge in [0.15, 0.2) is 0 Å². The number of benzene rings is 1. The second-order valence-electron chi connectivity index (χ2n) is 5.59. The van der Waals surface area contributed by atoms with E-state index in [9.17, 15) is 5.11 Å². The van der Waals surface area contributed by atoms with Crippen molar-refractivity contribution >= 4 is 17.3 Å². The monoisotopic (exact) mass is 282 g/mol. The number of nitrogens with one attached hydrogen (secondary N) is 1. The van der Waals surface area contributed by atoms with E-state index in [0.29, 0.717) is 6.54 Å². The lowest BCUT2D eigenvalue weighted by Crippen LogP contribution is -2.39. The van der Waals surface area contributed by atoms with Gasteiger partial charge < -0.3 is 15.3 Å². The highest BCUT2D eigenvalue weighted by molar-refractivity contribution is 6.30. The molecule has 0 amide bonds. The fraction of sp³-hybridized carbons (Fsp3) is 0.600. The Hall–Kier alpha value is -0.770. The first-order chi connectivity index (χ1) is 9.04. The third-order valence-corrected chi connectivity index (χ3v) is 4.13. The maximum absolute atomic E-state index is 10.5. The van der Waals surface area contributed by atoms with E-state index in [2.05, 4.69) is 10.2 Å². The van der Waals surface area contributed by atoms with Gasteiger partial charge in [-0.1, -0.05) is 30.5 Å². The van der Waals surface area contributed by atoms with E-state index in [-0.39, 0.29) is 0 Å². The minimum atomic E-state index is -0.534. The van der Waals surface area contributed by atoms with Crippen LogP contribution in [0.2, 0.25) is 5.02 Å². The fourth-order valence-corrected chi connectivity index (χ4v) is 3.12. The zero-order valence-electron chi connectivity index (χ0n) is 11.7. The highest BCUT2D eigenvalue weighted by Gasteiger charge is 2.32. The van der Waals surface area contributed by atoms with Crippen molar-refractivity contribution in [1.29, 1.82) is 0 Å². The van der Waals surface area contributed by atoms with Crippen molar-refractivity contribution in [3.63, 3.8) is 0 Å². The van der Waals surface area contributed by atoms with Crippen LogP contribution in [0.5, 0.6) is 0 Å². The van der Waals surface area contributed by atoms with Crippen LogP contribution in [0.4, 0.5) is 5.69 Å². The summed E-state index contributed by atoms with van der Waals surface area (Å²) < 4.78 is 0. The van der Waals surface area contributed by atoms with Gasteiger partial charge in [-0.05, 0) is 37.6 Å². The van der Waals surface area contributed by atoms with Gasteiger partial charge in [0, 0.05) is 30.8 Å². The Morgan fingerprint density at radius 1 is 1.37 bits per heavy atom. The average Bonchev–Trinajstić information content (AvgIpc) is 2.78. The summed E-state index contributed by atoms with van der Waals surface area (Å²) in [5, 5.41) is 14.4. The SMILES string of the molecule is CNCc1ccc(Cl)cc1N(C)CC1(O)CCCC1. The van der Waals surface area contributed by atoms with Crippen LogP contribution in [0.25, 0.3) is 0 Å². The molecule has 0 atom stereocenters. The lowest BCUT2D eigenvalue weighted by molar-refractivity contribution is 0.0559. The first-order valence-electron chi connectivity index (χ1n) is 6.91. The van der Waals surface area contributed by atoms with E-state index >= 15 is 0 Å². The zero-order chi connectivity index (χ0) is 13.9. The molecule has 0 heterocycles. The van der Waals surface area contributed by atoms with E-state index in [0.717, 1.165) is 42.9 Å². The number of aliphatic hydroxyl groups is 1. The quantitative estimate of drug-likeness (QED) is 0.872. The van der Waals surface area contributed by atoms with Crippen molar-refractivity contribution in [2.75, 3.05) is 25.5 Å². The van der Waals surface area contributed by atoms with Crippen LogP contribution in [0.15, 0.2) is 18.2 Å². The molecule has 1 aromatic carbocycles. The van der Waals surface area contributed by atoms with Gasteiger partial charge in [-0.3, -0.25) is 0 Å². The number of nitrogens with zero attached hydrogens (tertiary/aromatic N) is 1. The molecule has 4 heteroatoms. The topological polar surface area (TPSA) is 35.5 Å². The standard InChI is InChI=1S/C15H23ClN2O/c1-17-10-12-5-6-13(16)9-14(12)18(2)11-15(19)7-3-4-8-15/h5-6,9,17,19H,3-4,7-8,10-11H2,1-2H3. The fourth-order valence-electron chi connectivity index (χ4n) is 2.95. The number of anilines is 1. The molecule has 0 aromatic heterocycles. The Morgan fingerprint density at radius 3 is 2.68 bits per heavy atom. The Balaban J connectivity index is 2.17. The van der Waals surface area contributed by atoms with Gasteiger partial charge in [0.05, 0.1) is 5.60 Å². The van der Waals surface area contributed by atoms with Gasteiger partial charge in [-0.25, -0.2) is 0 Å². The Labute approximate surface area is 120 Å². The first kappa shape index (κ1) is 14.6. The Bertz CT molecular complexity index is 430. The lowest BCUT2D eigenvalue weighted by Gasteiger charge is -2.31. The minimum Gasteiger partial charge on any atom is -0.388 e. The van der Waals surface area contributed by atoms with E-state index in [1.54, 1.807) is 0 Å². The minimum absolute atomic E-state index is 0.534. The van der Waals surface area contributed by atoms with E-state index in [4.69, 9.17) is 11.6 Å². The summed E-state index contributed by atoms with van der Waals surface area (Å²) in [5.74, 6) is 0. The summed E-state index contributed by atoms with van der Waals surface area (Å²) in [6.45, 7) is 1.47. The Morgan fingerprint density at radius 2 is 2.05 bits per heavy atom. The molecule has 1 saturated carbocycles. The van der Waals surface area contributed by atoms with Crippen LogP contribution >= 0.6 is 11.6 Å². The molecule has 3 nitrogen and oxygen atoms in total. The number of halogens is 1. The van der Waals surface area contributed by atoms with Crippen molar-refractivity contribution in [1.82, 2.24) is 5.32 Å². The highest BCUT2D eigenvalue weighted by atomic mass is 35.5. The summed E-state index contributed by atoms with van der Waals surface area (Å²) in [5.41, 5.74) is 1.77. The van der Waals surface area contributed by atoms with Crippen LogP contribution < -0.4 is 10.2 Å². The van der Waals surface area contributed by atoms with Gasteiger partial charge in [0.25, 0.3) is 0 Å². The molecule has 106 valence electrons. The average molecular weight is 283 g/mol. The van der Waals surface area contributed by atoms with Crippen molar-refractivity contribution < 1.29 is 5.11 Å². The van der Waals surface area contributed by atoms with Gasteiger partial charge in [0.1, 0.15) is 0 Å². The van der Waals surface area contributed by atoms with Crippen LogP contribution in [0.3, 0.4) is 0 Å². The van der Waals surface area contributed by atoms with Gasteiger partial charge in [-0.15, -0.1) is 0 Å². The molecule has 1 aliphatic rings. The molecule has 0 aliphatic heterocycles. The van der Waals surface area contributed by atoms with E-state index < -0.39 is 5.60 Å². The molecule has 0 radical (unpaired) electrons. The molecule has 0 bridgehead atoms. The molecule has 19 heavy (non-hydrogen) atoms. The molecule has 0 unspecified atom stereocenters. The van der Waals surface area contributed by atoms with Crippen LogP contribution in [0, 0.1) is 0 Å². The smallest absolute Gasteiger partial charge is 0.0821 e. The number of hydrogen-bond acceptors (Lipinski definition) is 3. The summed E-state index contributed by atoms with van der Waals surface area (Å²) >= 11 is 6.10. The molecule has 2 rings (SSSR count). The molecule has 0 spiro atoms. The van der Waals surface area contributed by atoms with Crippen LogP contribution in [0.1, 0.15) is 31.2 Å². The molecule has 0 saturated heterocycles. The van der Waals surface area contributed by atoms with Crippen molar-refractivity contribution in [2.24, 2.45) is 0 Å². The number of rotatable bonds is 5. The zero-order valence-corrected chi connectivity index (χ0v) is 12.5. The first-order valence-corrected chi connectivity index (χ1v) is 7.28. The number of hydrogen-bond donors (Lipinski definition) is 2. The van der Waals surface area contributed by atoms with E-state index in [1.807, 2.05) is 32.3 Å². The summed E-state index contributed by atoms with van der Waals surface area (Å²) in [4.78, 5) is 2.13. The van der Waals surface area contributed by atoms with Gasteiger partial charge >= 0.3 is 0 Å². The predicted octanol–water partition coefficient (Wildman–Crippen LogP) is 2.80. The van der Waals surface area contributed by atoms with Crippen molar-refractivity contribution in [3.8, 4) is 0 Å². The molecular formula is C15H23ClN2O.